The summed E-state index contributed by atoms with van der Waals surface area (Å²) in [4.78, 5) is 4.58. The van der Waals surface area contributed by atoms with Crippen LogP contribution in [0, 0.1) is 12.8 Å². The molecular weight excluding hydrogens is 232 g/mol. The molecule has 0 bridgehead atoms. The molecule has 19 heavy (non-hydrogen) atoms. The fraction of sp³-hybridized carbons (Fsp3) is 0.471. The summed E-state index contributed by atoms with van der Waals surface area (Å²) in [7, 11) is 0. The highest BCUT2D eigenvalue weighted by atomic mass is 14.9. The van der Waals surface area contributed by atoms with Crippen LogP contribution in [0.1, 0.15) is 39.3 Å². The first-order valence-electron chi connectivity index (χ1n) is 7.19. The van der Waals surface area contributed by atoms with Crippen molar-refractivity contribution in [2.24, 2.45) is 5.92 Å². The molecule has 1 aromatic heterocycles. The number of aromatic nitrogens is 1. The zero-order valence-corrected chi connectivity index (χ0v) is 12.4. The molecule has 1 aromatic carbocycles. The van der Waals surface area contributed by atoms with Gasteiger partial charge in [0, 0.05) is 22.8 Å². The number of anilines is 1. The van der Waals surface area contributed by atoms with Gasteiger partial charge < -0.3 is 5.32 Å². The second-order valence-corrected chi connectivity index (χ2v) is 5.84. The Balaban J connectivity index is 2.20. The highest BCUT2D eigenvalue weighted by Gasteiger charge is 2.07. The maximum Gasteiger partial charge on any atom is 0.0725 e. The van der Waals surface area contributed by atoms with Crippen LogP contribution in [0.4, 0.5) is 5.69 Å². The molecular formula is C17H24N2. The van der Waals surface area contributed by atoms with Gasteiger partial charge in [-0.15, -0.1) is 0 Å². The highest BCUT2D eigenvalue weighted by Crippen LogP contribution is 2.24. The largest absolute Gasteiger partial charge is 0.382 e. The molecule has 1 unspecified atom stereocenters. The molecule has 1 heterocycles. The van der Waals surface area contributed by atoms with Crippen molar-refractivity contribution in [1.82, 2.24) is 4.98 Å². The Hall–Kier alpha value is -1.57. The van der Waals surface area contributed by atoms with E-state index in [4.69, 9.17) is 0 Å². The predicted octanol–water partition coefficient (Wildman–Crippen LogP) is 4.78. The van der Waals surface area contributed by atoms with Crippen molar-refractivity contribution in [3.63, 3.8) is 0 Å². The molecule has 0 radical (unpaired) electrons. The summed E-state index contributed by atoms with van der Waals surface area (Å²) in [6.07, 6.45) is 2.46. The number of para-hydroxylation sites is 1. The smallest absolute Gasteiger partial charge is 0.0725 e. The van der Waals surface area contributed by atoms with Crippen LogP contribution >= 0.6 is 0 Å². The van der Waals surface area contributed by atoms with Crippen LogP contribution in [-0.2, 0) is 0 Å². The Morgan fingerprint density at radius 2 is 1.84 bits per heavy atom. The zero-order valence-electron chi connectivity index (χ0n) is 12.4. The second kappa shape index (κ2) is 6.05. The van der Waals surface area contributed by atoms with Crippen molar-refractivity contribution in [2.45, 2.75) is 46.6 Å². The van der Waals surface area contributed by atoms with E-state index in [1.165, 1.54) is 23.9 Å². The first kappa shape index (κ1) is 13.9. The lowest BCUT2D eigenvalue weighted by atomic mass is 10.0. The van der Waals surface area contributed by atoms with E-state index < -0.39 is 0 Å². The normalized spacial score (nSPS) is 12.9. The molecule has 1 atom stereocenters. The van der Waals surface area contributed by atoms with Gasteiger partial charge in [-0.3, -0.25) is 4.98 Å². The maximum atomic E-state index is 4.58. The van der Waals surface area contributed by atoms with Gasteiger partial charge in [-0.2, -0.15) is 0 Å². The van der Waals surface area contributed by atoms with Crippen molar-refractivity contribution >= 4 is 16.6 Å². The summed E-state index contributed by atoms with van der Waals surface area (Å²) >= 11 is 0. The summed E-state index contributed by atoms with van der Waals surface area (Å²) in [6.45, 7) is 8.86. The summed E-state index contributed by atoms with van der Waals surface area (Å²) in [6, 6.07) is 11.0. The molecule has 2 aromatic rings. The summed E-state index contributed by atoms with van der Waals surface area (Å²) < 4.78 is 0. The van der Waals surface area contributed by atoms with Crippen molar-refractivity contribution in [1.29, 1.82) is 0 Å². The van der Waals surface area contributed by atoms with Gasteiger partial charge in [-0.1, -0.05) is 32.0 Å². The van der Waals surface area contributed by atoms with Crippen LogP contribution in [0.25, 0.3) is 10.9 Å². The van der Waals surface area contributed by atoms with Gasteiger partial charge in [0.15, 0.2) is 0 Å². The number of hydrogen-bond donors (Lipinski definition) is 1. The van der Waals surface area contributed by atoms with Gasteiger partial charge in [0.25, 0.3) is 0 Å². The molecule has 0 aliphatic carbocycles. The summed E-state index contributed by atoms with van der Waals surface area (Å²) in [5.41, 5.74) is 3.35. The van der Waals surface area contributed by atoms with Gasteiger partial charge in [0.05, 0.1) is 5.52 Å². The van der Waals surface area contributed by atoms with Gasteiger partial charge in [-0.05, 0) is 44.7 Å². The standard InChI is InChI=1S/C17H24N2/c1-12(2)9-10-13(3)18-17-11-14(4)19-16-8-6-5-7-15(16)17/h5-8,11-13H,9-10H2,1-4H3,(H,18,19). The minimum Gasteiger partial charge on any atom is -0.382 e. The van der Waals surface area contributed by atoms with E-state index in [2.05, 4.69) is 62.3 Å². The molecule has 0 aliphatic heterocycles. The number of fused-ring (bicyclic) bond motifs is 1. The fourth-order valence-corrected chi connectivity index (χ4v) is 2.35. The van der Waals surface area contributed by atoms with E-state index >= 15 is 0 Å². The molecule has 0 saturated heterocycles. The summed E-state index contributed by atoms with van der Waals surface area (Å²) in [5.74, 6) is 0.764. The van der Waals surface area contributed by atoms with Crippen molar-refractivity contribution < 1.29 is 0 Å². The molecule has 2 heteroatoms. The molecule has 0 amide bonds. The minimum atomic E-state index is 0.493. The number of nitrogens with zero attached hydrogens (tertiary/aromatic N) is 1. The lowest BCUT2D eigenvalue weighted by Gasteiger charge is -2.18. The van der Waals surface area contributed by atoms with Gasteiger partial charge in [-0.25, -0.2) is 0 Å². The van der Waals surface area contributed by atoms with Crippen molar-refractivity contribution in [2.75, 3.05) is 5.32 Å². The average Bonchev–Trinajstić information content (AvgIpc) is 2.36. The lowest BCUT2D eigenvalue weighted by Crippen LogP contribution is -2.16. The average molecular weight is 256 g/mol. The Bertz CT molecular complexity index is 546. The molecule has 2 nitrogen and oxygen atoms in total. The van der Waals surface area contributed by atoms with Crippen LogP contribution in [-0.4, -0.2) is 11.0 Å². The van der Waals surface area contributed by atoms with E-state index in [1.807, 2.05) is 6.07 Å². The van der Waals surface area contributed by atoms with Gasteiger partial charge in [0.2, 0.25) is 0 Å². The Labute approximate surface area is 116 Å². The fourth-order valence-electron chi connectivity index (χ4n) is 2.35. The van der Waals surface area contributed by atoms with E-state index in [-0.39, 0.29) is 0 Å². The SMILES string of the molecule is Cc1cc(NC(C)CCC(C)C)c2ccccc2n1. The van der Waals surface area contributed by atoms with Crippen molar-refractivity contribution in [3.8, 4) is 0 Å². The third kappa shape index (κ3) is 3.69. The Morgan fingerprint density at radius 1 is 1.11 bits per heavy atom. The third-order valence-corrected chi connectivity index (χ3v) is 3.42. The Kier molecular flexibility index (Phi) is 4.41. The molecule has 0 saturated carbocycles. The number of pyridine rings is 1. The quantitative estimate of drug-likeness (QED) is 0.832. The number of nitrogens with one attached hydrogen (secondary N) is 1. The van der Waals surface area contributed by atoms with Crippen LogP contribution in [0.5, 0.6) is 0 Å². The maximum absolute atomic E-state index is 4.58. The number of hydrogen-bond acceptors (Lipinski definition) is 2. The highest BCUT2D eigenvalue weighted by molar-refractivity contribution is 5.91. The first-order valence-corrected chi connectivity index (χ1v) is 7.19. The number of rotatable bonds is 5. The summed E-state index contributed by atoms with van der Waals surface area (Å²) in [5, 5.41) is 4.85. The third-order valence-electron chi connectivity index (χ3n) is 3.42. The van der Waals surface area contributed by atoms with Crippen LogP contribution in [0.3, 0.4) is 0 Å². The minimum absolute atomic E-state index is 0.493. The molecule has 0 spiro atoms. The van der Waals surface area contributed by atoms with Gasteiger partial charge >= 0.3 is 0 Å². The predicted molar refractivity (Wildman–Crippen MR) is 83.6 cm³/mol. The monoisotopic (exact) mass is 256 g/mol. The number of benzene rings is 1. The van der Waals surface area contributed by atoms with Crippen molar-refractivity contribution in [3.05, 3.63) is 36.0 Å². The number of aryl methyl sites for hydroxylation is 1. The molecule has 1 N–H and O–H groups in total. The van der Waals surface area contributed by atoms with Gasteiger partial charge in [0.1, 0.15) is 0 Å². The second-order valence-electron chi connectivity index (χ2n) is 5.84. The topological polar surface area (TPSA) is 24.9 Å². The van der Waals surface area contributed by atoms with E-state index in [0.717, 1.165) is 17.1 Å². The van der Waals surface area contributed by atoms with Crippen LogP contribution < -0.4 is 5.32 Å². The van der Waals surface area contributed by atoms with Crippen LogP contribution in [0.2, 0.25) is 0 Å². The molecule has 0 fully saturated rings. The Morgan fingerprint density at radius 3 is 2.58 bits per heavy atom. The first-order chi connectivity index (χ1) is 9.06. The van der Waals surface area contributed by atoms with E-state index in [9.17, 15) is 0 Å². The lowest BCUT2D eigenvalue weighted by molar-refractivity contribution is 0.528. The zero-order chi connectivity index (χ0) is 13.8. The molecule has 0 aliphatic rings. The van der Waals surface area contributed by atoms with E-state index in [0.29, 0.717) is 6.04 Å². The molecule has 2 rings (SSSR count). The van der Waals surface area contributed by atoms with Crippen LogP contribution in [0.15, 0.2) is 30.3 Å². The molecule has 102 valence electrons. The van der Waals surface area contributed by atoms with E-state index in [1.54, 1.807) is 0 Å².